The van der Waals surface area contributed by atoms with Crippen LogP contribution in [-0.2, 0) is 9.53 Å². The Morgan fingerprint density at radius 2 is 2.00 bits per heavy atom. The highest BCUT2D eigenvalue weighted by Crippen LogP contribution is 2.67. The van der Waals surface area contributed by atoms with E-state index in [1.165, 1.54) is 44.1 Å². The average Bonchev–Trinajstić information content (AvgIpc) is 3.06. The molecule has 3 saturated carbocycles. The third-order valence-corrected chi connectivity index (χ3v) is 9.50. The van der Waals surface area contributed by atoms with Crippen molar-refractivity contribution in [1.29, 1.82) is 0 Å². The minimum atomic E-state index is -0.110. The maximum absolute atomic E-state index is 11.5. The topological polar surface area (TPSA) is 39.2 Å². The van der Waals surface area contributed by atoms with E-state index in [2.05, 4.69) is 43.2 Å². The molecule has 4 aliphatic rings. The molecule has 0 spiro atoms. The average molecular weight is 394 g/mol. The Morgan fingerprint density at radius 1 is 1.14 bits per heavy atom. The minimum absolute atomic E-state index is 0.110. The largest absolute Gasteiger partial charge is 0.463 e. The minimum Gasteiger partial charge on any atom is -0.463 e. The molecule has 1 aromatic heterocycles. The maximum Gasteiger partial charge on any atom is 0.302 e. The molecule has 0 N–H and O–H groups in total. The molecule has 3 heteroatoms. The van der Waals surface area contributed by atoms with Crippen LogP contribution >= 0.6 is 0 Å². The molecule has 0 aliphatic heterocycles. The third kappa shape index (κ3) is 2.99. The summed E-state index contributed by atoms with van der Waals surface area (Å²) in [6.07, 6.45) is 16.5. The number of allylic oxidation sites excluding steroid dienone is 2. The number of carbonyl (C=O) groups is 1. The Bertz CT molecular complexity index is 817. The number of hydrogen-bond donors (Lipinski definition) is 0. The highest BCUT2D eigenvalue weighted by molar-refractivity contribution is 5.72. The summed E-state index contributed by atoms with van der Waals surface area (Å²) in [5, 5.41) is 0. The van der Waals surface area contributed by atoms with Crippen LogP contribution in [0.5, 0.6) is 0 Å². The lowest BCUT2D eigenvalue weighted by molar-refractivity contribution is -0.158. The van der Waals surface area contributed by atoms with Gasteiger partial charge in [0.1, 0.15) is 6.10 Å². The monoisotopic (exact) mass is 393 g/mol. The molecule has 5 rings (SSSR count). The molecule has 29 heavy (non-hydrogen) atoms. The van der Waals surface area contributed by atoms with Crippen LogP contribution in [0.1, 0.15) is 77.7 Å². The predicted molar refractivity (Wildman–Crippen MR) is 115 cm³/mol. The number of hydrogen-bond acceptors (Lipinski definition) is 3. The first-order chi connectivity index (χ1) is 13.9. The summed E-state index contributed by atoms with van der Waals surface area (Å²) in [6.45, 7) is 6.66. The van der Waals surface area contributed by atoms with Crippen LogP contribution in [0.3, 0.4) is 0 Å². The van der Waals surface area contributed by atoms with E-state index in [9.17, 15) is 4.79 Å². The Morgan fingerprint density at radius 3 is 2.76 bits per heavy atom. The van der Waals surface area contributed by atoms with Gasteiger partial charge in [0.15, 0.2) is 0 Å². The van der Waals surface area contributed by atoms with E-state index in [-0.39, 0.29) is 12.1 Å². The second-order valence-corrected chi connectivity index (χ2v) is 10.7. The zero-order valence-corrected chi connectivity index (χ0v) is 18.2. The Labute approximate surface area is 175 Å². The second-order valence-electron chi connectivity index (χ2n) is 10.7. The van der Waals surface area contributed by atoms with Gasteiger partial charge in [-0.15, -0.1) is 0 Å². The Balaban J connectivity index is 1.37. The lowest BCUT2D eigenvalue weighted by atomic mass is 9.44. The van der Waals surface area contributed by atoms with Crippen molar-refractivity contribution in [3.05, 3.63) is 36.2 Å². The first kappa shape index (κ1) is 19.3. The second kappa shape index (κ2) is 6.96. The van der Waals surface area contributed by atoms with Crippen LogP contribution in [0, 0.1) is 34.5 Å². The van der Waals surface area contributed by atoms with Crippen LogP contribution in [0.15, 0.2) is 30.6 Å². The fourth-order valence-electron chi connectivity index (χ4n) is 8.10. The molecule has 156 valence electrons. The van der Waals surface area contributed by atoms with E-state index < -0.39 is 0 Å². The van der Waals surface area contributed by atoms with Gasteiger partial charge >= 0.3 is 5.97 Å². The SMILES string of the molecule is CC(=O)O[C@@H]1CC[C@]2(C)C3CC[C@]4(C)C(c5cccnc5)=CCC4C3CC[C@@H]2C1. The molecule has 0 bridgehead atoms. The van der Waals surface area contributed by atoms with Gasteiger partial charge in [0.2, 0.25) is 0 Å². The number of esters is 1. The van der Waals surface area contributed by atoms with E-state index >= 15 is 0 Å². The predicted octanol–water partition coefficient (Wildman–Crippen LogP) is 6.05. The number of aromatic nitrogens is 1. The first-order valence-electron chi connectivity index (χ1n) is 11.7. The van der Waals surface area contributed by atoms with Gasteiger partial charge in [-0.05, 0) is 103 Å². The Kier molecular flexibility index (Phi) is 4.64. The molecule has 0 saturated heterocycles. The van der Waals surface area contributed by atoms with Crippen molar-refractivity contribution < 1.29 is 9.53 Å². The number of nitrogens with zero attached hydrogens (tertiary/aromatic N) is 1. The summed E-state index contributed by atoms with van der Waals surface area (Å²) >= 11 is 0. The molecule has 0 radical (unpaired) electrons. The van der Waals surface area contributed by atoms with E-state index in [1.54, 1.807) is 12.5 Å². The summed E-state index contributed by atoms with van der Waals surface area (Å²) in [7, 11) is 0. The number of fused-ring (bicyclic) bond motifs is 5. The number of rotatable bonds is 2. The van der Waals surface area contributed by atoms with Crippen molar-refractivity contribution in [3.63, 3.8) is 0 Å². The van der Waals surface area contributed by atoms with Crippen molar-refractivity contribution >= 4 is 11.5 Å². The molecule has 3 fully saturated rings. The maximum atomic E-state index is 11.5. The summed E-state index contributed by atoms with van der Waals surface area (Å²) in [6, 6.07) is 4.32. The number of ether oxygens (including phenoxy) is 1. The van der Waals surface area contributed by atoms with Crippen LogP contribution < -0.4 is 0 Å². The molecule has 4 aliphatic carbocycles. The molecular weight excluding hydrogens is 358 g/mol. The van der Waals surface area contributed by atoms with Gasteiger partial charge in [0.25, 0.3) is 0 Å². The molecule has 3 nitrogen and oxygen atoms in total. The highest BCUT2D eigenvalue weighted by Gasteiger charge is 2.58. The third-order valence-electron chi connectivity index (χ3n) is 9.50. The van der Waals surface area contributed by atoms with E-state index in [1.807, 2.05) is 6.20 Å². The van der Waals surface area contributed by atoms with Gasteiger partial charge in [-0.2, -0.15) is 0 Å². The van der Waals surface area contributed by atoms with Crippen LogP contribution in [-0.4, -0.2) is 17.1 Å². The molecule has 1 heterocycles. The number of pyridine rings is 1. The highest BCUT2D eigenvalue weighted by atomic mass is 16.5. The Hall–Kier alpha value is -1.64. The van der Waals surface area contributed by atoms with Crippen molar-refractivity contribution in [1.82, 2.24) is 4.98 Å². The smallest absolute Gasteiger partial charge is 0.302 e. The standard InChI is InChI=1S/C26H35NO2/c1-17(28)29-20-10-12-25(2)19(15-20)6-7-21-23-9-8-22(18-5-4-14-27-16-18)26(23,3)13-11-24(21)25/h4-5,8,14,16,19-21,23-24H,6-7,9-13,15H2,1-3H3/t19-,20-,21?,23?,24?,25+,26-/m1/s1. The normalized spacial score (nSPS) is 43.6. The number of carbonyl (C=O) groups excluding carboxylic acids is 1. The van der Waals surface area contributed by atoms with Gasteiger partial charge in [-0.3, -0.25) is 9.78 Å². The quantitative estimate of drug-likeness (QED) is 0.574. The molecule has 0 amide bonds. The van der Waals surface area contributed by atoms with E-state index in [0.717, 1.165) is 36.5 Å². The molecule has 0 aromatic carbocycles. The lowest BCUT2D eigenvalue weighted by Crippen LogP contribution is -2.53. The van der Waals surface area contributed by atoms with Gasteiger partial charge in [0.05, 0.1) is 0 Å². The van der Waals surface area contributed by atoms with Crippen LogP contribution in [0.4, 0.5) is 0 Å². The molecule has 3 unspecified atom stereocenters. The van der Waals surface area contributed by atoms with Crippen LogP contribution in [0.2, 0.25) is 0 Å². The molecular formula is C26H35NO2. The van der Waals surface area contributed by atoms with E-state index in [0.29, 0.717) is 10.8 Å². The fraction of sp³-hybridized carbons (Fsp3) is 0.692. The zero-order chi connectivity index (χ0) is 20.2. The fourth-order valence-corrected chi connectivity index (χ4v) is 8.10. The summed E-state index contributed by atoms with van der Waals surface area (Å²) in [5.74, 6) is 3.06. The van der Waals surface area contributed by atoms with Gasteiger partial charge < -0.3 is 4.74 Å². The summed E-state index contributed by atoms with van der Waals surface area (Å²) < 4.78 is 5.62. The lowest BCUT2D eigenvalue weighted by Gasteiger charge is -2.60. The summed E-state index contributed by atoms with van der Waals surface area (Å²) in [4.78, 5) is 15.9. The van der Waals surface area contributed by atoms with Crippen molar-refractivity contribution in [2.45, 2.75) is 78.2 Å². The van der Waals surface area contributed by atoms with Gasteiger partial charge in [-0.25, -0.2) is 0 Å². The molecule has 7 atom stereocenters. The van der Waals surface area contributed by atoms with Crippen molar-refractivity contribution in [2.24, 2.45) is 34.5 Å². The zero-order valence-electron chi connectivity index (χ0n) is 18.2. The van der Waals surface area contributed by atoms with Crippen molar-refractivity contribution in [2.75, 3.05) is 0 Å². The summed E-state index contributed by atoms with van der Waals surface area (Å²) in [5.41, 5.74) is 3.62. The van der Waals surface area contributed by atoms with Gasteiger partial charge in [-0.1, -0.05) is 26.0 Å². The van der Waals surface area contributed by atoms with Gasteiger partial charge in [0, 0.05) is 19.3 Å². The van der Waals surface area contributed by atoms with E-state index in [4.69, 9.17) is 4.74 Å². The van der Waals surface area contributed by atoms with Crippen molar-refractivity contribution in [3.8, 4) is 0 Å². The van der Waals surface area contributed by atoms with Crippen LogP contribution in [0.25, 0.3) is 5.57 Å². The molecule has 1 aromatic rings. The first-order valence-corrected chi connectivity index (χ1v) is 11.7.